The Morgan fingerprint density at radius 1 is 1.54 bits per heavy atom. The second-order valence-corrected chi connectivity index (χ2v) is 4.02. The van der Waals surface area contributed by atoms with Crippen molar-refractivity contribution in [2.75, 3.05) is 0 Å². The monoisotopic (exact) mass is 188 g/mol. The van der Waals surface area contributed by atoms with Gasteiger partial charge in [-0.15, -0.1) is 0 Å². The first kappa shape index (κ1) is 12.4. The van der Waals surface area contributed by atoms with Crippen LogP contribution in [-0.2, 0) is 9.53 Å². The second-order valence-electron chi connectivity index (χ2n) is 4.02. The standard InChI is InChI=1S/C9H20N2O2/c1-5-6-7(8(12)11-10)13-9(2,3)4/h7H,5-6,10H2,1-4H3,(H,11,12). The van der Waals surface area contributed by atoms with Crippen LogP contribution in [0.4, 0.5) is 0 Å². The van der Waals surface area contributed by atoms with Gasteiger partial charge in [0, 0.05) is 0 Å². The highest BCUT2D eigenvalue weighted by molar-refractivity contribution is 5.80. The Labute approximate surface area is 79.8 Å². The lowest BCUT2D eigenvalue weighted by Crippen LogP contribution is -2.43. The van der Waals surface area contributed by atoms with Crippen LogP contribution < -0.4 is 11.3 Å². The van der Waals surface area contributed by atoms with E-state index in [9.17, 15) is 4.79 Å². The van der Waals surface area contributed by atoms with Gasteiger partial charge in [-0.25, -0.2) is 5.84 Å². The molecule has 0 aromatic carbocycles. The van der Waals surface area contributed by atoms with E-state index in [1.54, 1.807) is 0 Å². The molecule has 0 heterocycles. The number of hydrazine groups is 1. The number of hydrogen-bond acceptors (Lipinski definition) is 3. The normalized spacial score (nSPS) is 13.9. The zero-order valence-corrected chi connectivity index (χ0v) is 8.89. The van der Waals surface area contributed by atoms with Gasteiger partial charge < -0.3 is 4.74 Å². The van der Waals surface area contributed by atoms with Gasteiger partial charge in [-0.1, -0.05) is 13.3 Å². The highest BCUT2D eigenvalue weighted by atomic mass is 16.5. The number of nitrogens with one attached hydrogen (secondary N) is 1. The van der Waals surface area contributed by atoms with Gasteiger partial charge in [-0.2, -0.15) is 0 Å². The summed E-state index contributed by atoms with van der Waals surface area (Å²) in [4.78, 5) is 11.2. The predicted molar refractivity (Wildman–Crippen MR) is 51.9 cm³/mol. The maximum atomic E-state index is 11.2. The van der Waals surface area contributed by atoms with E-state index in [2.05, 4.69) is 5.43 Å². The van der Waals surface area contributed by atoms with E-state index in [-0.39, 0.29) is 11.5 Å². The van der Waals surface area contributed by atoms with E-state index in [4.69, 9.17) is 10.6 Å². The fraction of sp³-hybridized carbons (Fsp3) is 0.889. The van der Waals surface area contributed by atoms with Gasteiger partial charge in [0.2, 0.25) is 0 Å². The first-order valence-corrected chi connectivity index (χ1v) is 4.59. The molecule has 0 fully saturated rings. The quantitative estimate of drug-likeness (QED) is 0.392. The maximum Gasteiger partial charge on any atom is 0.263 e. The summed E-state index contributed by atoms with van der Waals surface area (Å²) in [5, 5.41) is 0. The number of nitrogens with two attached hydrogens (primary N) is 1. The zero-order chi connectivity index (χ0) is 10.5. The minimum atomic E-state index is -0.435. The molecule has 4 heteroatoms. The summed E-state index contributed by atoms with van der Waals surface area (Å²) in [6.07, 6.45) is 1.16. The minimum Gasteiger partial charge on any atom is -0.363 e. The Morgan fingerprint density at radius 2 is 2.08 bits per heavy atom. The van der Waals surface area contributed by atoms with Crippen LogP contribution in [0.3, 0.4) is 0 Å². The lowest BCUT2D eigenvalue weighted by Gasteiger charge is -2.26. The van der Waals surface area contributed by atoms with E-state index in [1.165, 1.54) is 0 Å². The summed E-state index contributed by atoms with van der Waals surface area (Å²) >= 11 is 0. The predicted octanol–water partition coefficient (Wildman–Crippen LogP) is 0.960. The average Bonchev–Trinajstić information content (AvgIpc) is 2.00. The van der Waals surface area contributed by atoms with Gasteiger partial charge >= 0.3 is 0 Å². The molecule has 1 unspecified atom stereocenters. The molecular weight excluding hydrogens is 168 g/mol. The average molecular weight is 188 g/mol. The van der Waals surface area contributed by atoms with Gasteiger partial charge in [-0.05, 0) is 27.2 Å². The molecule has 0 bridgehead atoms. The van der Waals surface area contributed by atoms with Crippen molar-refractivity contribution in [1.29, 1.82) is 0 Å². The van der Waals surface area contributed by atoms with E-state index < -0.39 is 6.10 Å². The SMILES string of the molecule is CCCC(OC(C)(C)C)C(=O)NN. The van der Waals surface area contributed by atoms with Gasteiger partial charge in [0.05, 0.1) is 5.60 Å². The first-order chi connectivity index (χ1) is 5.90. The molecule has 0 aromatic heterocycles. The van der Waals surface area contributed by atoms with Crippen molar-refractivity contribution in [2.45, 2.75) is 52.2 Å². The number of amides is 1. The topological polar surface area (TPSA) is 64.3 Å². The highest BCUT2D eigenvalue weighted by Gasteiger charge is 2.23. The largest absolute Gasteiger partial charge is 0.363 e. The smallest absolute Gasteiger partial charge is 0.263 e. The van der Waals surface area contributed by atoms with E-state index >= 15 is 0 Å². The van der Waals surface area contributed by atoms with Crippen LogP contribution in [0, 0.1) is 0 Å². The lowest BCUT2D eigenvalue weighted by molar-refractivity contribution is -0.143. The zero-order valence-electron chi connectivity index (χ0n) is 8.89. The third kappa shape index (κ3) is 5.60. The highest BCUT2D eigenvalue weighted by Crippen LogP contribution is 2.14. The number of rotatable bonds is 4. The van der Waals surface area contributed by atoms with Crippen molar-refractivity contribution < 1.29 is 9.53 Å². The second kappa shape index (κ2) is 5.19. The molecule has 4 nitrogen and oxygen atoms in total. The van der Waals surface area contributed by atoms with E-state index in [0.29, 0.717) is 6.42 Å². The molecule has 13 heavy (non-hydrogen) atoms. The third-order valence-corrected chi connectivity index (χ3v) is 1.48. The van der Waals surface area contributed by atoms with Gasteiger partial charge in [-0.3, -0.25) is 10.2 Å². The molecule has 0 aliphatic rings. The fourth-order valence-electron chi connectivity index (χ4n) is 1.03. The van der Waals surface area contributed by atoms with Gasteiger partial charge in [0.1, 0.15) is 6.10 Å². The number of hydrogen-bond donors (Lipinski definition) is 2. The minimum absolute atomic E-state index is 0.253. The molecule has 0 rings (SSSR count). The molecule has 3 N–H and O–H groups in total. The van der Waals surface area contributed by atoms with Crippen molar-refractivity contribution >= 4 is 5.91 Å². The number of ether oxygens (including phenoxy) is 1. The Hall–Kier alpha value is -0.610. The van der Waals surface area contributed by atoms with E-state index in [0.717, 1.165) is 6.42 Å². The summed E-state index contributed by atoms with van der Waals surface area (Å²) in [6, 6.07) is 0. The van der Waals surface area contributed by atoms with Crippen molar-refractivity contribution in [3.8, 4) is 0 Å². The summed E-state index contributed by atoms with van der Waals surface area (Å²) in [5.41, 5.74) is 1.80. The molecule has 1 amide bonds. The number of carbonyl (C=O) groups excluding carboxylic acids is 1. The third-order valence-electron chi connectivity index (χ3n) is 1.48. The van der Waals surface area contributed by atoms with Crippen LogP contribution in [0.25, 0.3) is 0 Å². The van der Waals surface area contributed by atoms with Crippen molar-refractivity contribution in [3.05, 3.63) is 0 Å². The van der Waals surface area contributed by atoms with Crippen LogP contribution in [-0.4, -0.2) is 17.6 Å². The summed E-state index contributed by atoms with van der Waals surface area (Å²) in [5.74, 6) is 4.79. The molecule has 0 spiro atoms. The Morgan fingerprint density at radius 3 is 2.38 bits per heavy atom. The molecule has 1 atom stereocenters. The molecule has 0 radical (unpaired) electrons. The summed E-state index contributed by atoms with van der Waals surface area (Å²) in [6.45, 7) is 7.75. The first-order valence-electron chi connectivity index (χ1n) is 4.59. The molecule has 0 aliphatic carbocycles. The van der Waals surface area contributed by atoms with Crippen LogP contribution in [0.2, 0.25) is 0 Å². The molecule has 78 valence electrons. The molecule has 0 saturated carbocycles. The van der Waals surface area contributed by atoms with E-state index in [1.807, 2.05) is 27.7 Å². The van der Waals surface area contributed by atoms with Crippen LogP contribution in [0.1, 0.15) is 40.5 Å². The Bertz CT molecular complexity index is 163. The van der Waals surface area contributed by atoms with Crippen LogP contribution in [0.5, 0.6) is 0 Å². The Balaban J connectivity index is 4.17. The van der Waals surface area contributed by atoms with Crippen molar-refractivity contribution in [1.82, 2.24) is 5.43 Å². The summed E-state index contributed by atoms with van der Waals surface area (Å²) < 4.78 is 5.54. The van der Waals surface area contributed by atoms with Crippen LogP contribution in [0.15, 0.2) is 0 Å². The van der Waals surface area contributed by atoms with Crippen molar-refractivity contribution in [3.63, 3.8) is 0 Å². The molecule has 0 saturated heterocycles. The number of carbonyl (C=O) groups is 1. The molecule has 0 aromatic rings. The summed E-state index contributed by atoms with van der Waals surface area (Å²) in [7, 11) is 0. The lowest BCUT2D eigenvalue weighted by atomic mass is 10.1. The van der Waals surface area contributed by atoms with Gasteiger partial charge in [0.25, 0.3) is 5.91 Å². The maximum absolute atomic E-state index is 11.2. The van der Waals surface area contributed by atoms with Gasteiger partial charge in [0.15, 0.2) is 0 Å². The van der Waals surface area contributed by atoms with Crippen LogP contribution >= 0.6 is 0 Å². The molecule has 0 aliphatic heterocycles. The van der Waals surface area contributed by atoms with Crippen molar-refractivity contribution in [2.24, 2.45) is 5.84 Å². The molecular formula is C9H20N2O2. The fourth-order valence-corrected chi connectivity index (χ4v) is 1.03. The Kier molecular flexibility index (Phi) is 4.95.